The van der Waals surface area contributed by atoms with Crippen LogP contribution in [0, 0.1) is 0 Å². The first-order valence-electron chi connectivity index (χ1n) is 4.69. The molecule has 6 nitrogen and oxygen atoms in total. The van der Waals surface area contributed by atoms with E-state index in [2.05, 4.69) is 14.9 Å². The normalized spacial score (nSPS) is 11.1. The van der Waals surface area contributed by atoms with Crippen molar-refractivity contribution in [2.75, 3.05) is 4.72 Å². The van der Waals surface area contributed by atoms with Crippen LogP contribution in [0.15, 0.2) is 41.6 Å². The molecule has 17 heavy (non-hydrogen) atoms. The van der Waals surface area contributed by atoms with Crippen molar-refractivity contribution in [3.05, 3.63) is 42.2 Å². The molecule has 0 fully saturated rings. The number of nitrogens with zero attached hydrogens (tertiary/aromatic N) is 1. The third kappa shape index (κ3) is 2.51. The number of rotatable bonds is 4. The van der Waals surface area contributed by atoms with Gasteiger partial charge in [-0.2, -0.15) is 5.10 Å². The van der Waals surface area contributed by atoms with Gasteiger partial charge in [-0.3, -0.25) is 14.6 Å². The number of H-pyrrole nitrogens is 1. The lowest BCUT2D eigenvalue weighted by Crippen LogP contribution is -2.12. The molecule has 7 heteroatoms. The Morgan fingerprint density at radius 3 is 2.82 bits per heavy atom. The van der Waals surface area contributed by atoms with Gasteiger partial charge < -0.3 is 0 Å². The summed E-state index contributed by atoms with van der Waals surface area (Å²) in [5.41, 5.74) is 0.730. The van der Waals surface area contributed by atoms with E-state index in [-0.39, 0.29) is 4.90 Å². The van der Waals surface area contributed by atoms with E-state index >= 15 is 0 Å². The van der Waals surface area contributed by atoms with E-state index < -0.39 is 10.0 Å². The Morgan fingerprint density at radius 1 is 1.35 bits per heavy atom. The van der Waals surface area contributed by atoms with Gasteiger partial charge in [-0.25, -0.2) is 8.42 Å². The van der Waals surface area contributed by atoms with Gasteiger partial charge >= 0.3 is 0 Å². The molecule has 0 spiro atoms. The first-order chi connectivity index (χ1) is 8.12. The molecular formula is C10H9N3O3S. The molecule has 0 aliphatic heterocycles. The van der Waals surface area contributed by atoms with Gasteiger partial charge in [-0.1, -0.05) is 12.1 Å². The number of anilines is 1. The van der Waals surface area contributed by atoms with Crippen molar-refractivity contribution in [3.8, 4) is 0 Å². The summed E-state index contributed by atoms with van der Waals surface area (Å²) in [5.74, 6) is 0. The fourth-order valence-electron chi connectivity index (χ4n) is 1.28. The predicted octanol–water partition coefficient (Wildman–Crippen LogP) is 1.02. The molecule has 0 amide bonds. The smallest absolute Gasteiger partial charge is 0.265 e. The number of sulfonamides is 1. The molecule has 0 saturated heterocycles. The maximum Gasteiger partial charge on any atom is 0.265 e. The zero-order valence-corrected chi connectivity index (χ0v) is 9.44. The third-order valence-electron chi connectivity index (χ3n) is 2.06. The van der Waals surface area contributed by atoms with Crippen molar-refractivity contribution in [2.45, 2.75) is 4.90 Å². The van der Waals surface area contributed by atoms with Crippen molar-refractivity contribution in [1.82, 2.24) is 10.2 Å². The number of carbonyl (C=O) groups excluding carboxylic acids is 1. The second-order valence-electron chi connectivity index (χ2n) is 3.28. The topological polar surface area (TPSA) is 91.9 Å². The highest BCUT2D eigenvalue weighted by molar-refractivity contribution is 7.92. The first kappa shape index (κ1) is 11.3. The molecule has 2 N–H and O–H groups in total. The summed E-state index contributed by atoms with van der Waals surface area (Å²) < 4.78 is 26.0. The number of aldehydes is 1. The second-order valence-corrected chi connectivity index (χ2v) is 4.97. The molecular weight excluding hydrogens is 242 g/mol. The summed E-state index contributed by atoms with van der Waals surface area (Å²) >= 11 is 0. The minimum Gasteiger partial charge on any atom is -0.298 e. The summed E-state index contributed by atoms with van der Waals surface area (Å²) in [5, 5.41) is 5.98. The van der Waals surface area contributed by atoms with Crippen LogP contribution in [-0.2, 0) is 10.0 Å². The van der Waals surface area contributed by atoms with E-state index in [1.54, 1.807) is 18.2 Å². The molecule has 0 atom stereocenters. The van der Waals surface area contributed by atoms with Crippen molar-refractivity contribution in [2.24, 2.45) is 0 Å². The van der Waals surface area contributed by atoms with Gasteiger partial charge in [0.25, 0.3) is 10.0 Å². The number of hydrogen-bond donors (Lipinski definition) is 2. The average Bonchev–Trinajstić information content (AvgIpc) is 2.83. The standard InChI is InChI=1S/C10H9N3O3S/c14-7-8-2-1-3-9(4-8)13-17(15,16)10-5-11-12-6-10/h1-7,13H,(H,11,12). The molecule has 0 aliphatic rings. The Kier molecular flexibility index (Phi) is 2.92. The summed E-state index contributed by atoms with van der Waals surface area (Å²) in [6, 6.07) is 6.19. The highest BCUT2D eigenvalue weighted by atomic mass is 32.2. The molecule has 2 rings (SSSR count). The van der Waals surface area contributed by atoms with E-state index in [0.29, 0.717) is 17.5 Å². The Bertz CT molecular complexity index is 620. The fourth-order valence-corrected chi connectivity index (χ4v) is 2.23. The summed E-state index contributed by atoms with van der Waals surface area (Å²) in [6.45, 7) is 0. The molecule has 88 valence electrons. The number of aromatic amines is 1. The van der Waals surface area contributed by atoms with Gasteiger partial charge in [0.1, 0.15) is 11.2 Å². The van der Waals surface area contributed by atoms with Crippen LogP contribution in [0.2, 0.25) is 0 Å². The quantitative estimate of drug-likeness (QED) is 0.793. The van der Waals surface area contributed by atoms with Crippen molar-refractivity contribution in [1.29, 1.82) is 0 Å². The zero-order chi connectivity index (χ0) is 12.3. The van der Waals surface area contributed by atoms with Crippen LogP contribution < -0.4 is 4.72 Å². The first-order valence-corrected chi connectivity index (χ1v) is 6.17. The van der Waals surface area contributed by atoms with Crippen molar-refractivity contribution < 1.29 is 13.2 Å². The molecule has 1 aromatic carbocycles. The SMILES string of the molecule is O=Cc1cccc(NS(=O)(=O)c2cn[nH]c2)c1. The van der Waals surface area contributed by atoms with Crippen LogP contribution in [0.1, 0.15) is 10.4 Å². The van der Waals surface area contributed by atoms with Gasteiger partial charge in [0, 0.05) is 17.4 Å². The number of nitrogens with one attached hydrogen (secondary N) is 2. The van der Waals surface area contributed by atoms with Crippen molar-refractivity contribution >= 4 is 22.0 Å². The Hall–Kier alpha value is -2.15. The van der Waals surface area contributed by atoms with Crippen LogP contribution in [0.5, 0.6) is 0 Å². The van der Waals surface area contributed by atoms with Gasteiger partial charge in [-0.05, 0) is 12.1 Å². The van der Waals surface area contributed by atoms with Crippen LogP contribution in [-0.4, -0.2) is 24.9 Å². The van der Waals surface area contributed by atoms with E-state index in [1.807, 2.05) is 0 Å². The minimum absolute atomic E-state index is 0.0361. The number of hydrogen-bond acceptors (Lipinski definition) is 4. The molecule has 1 aromatic heterocycles. The van der Waals surface area contributed by atoms with E-state index in [1.165, 1.54) is 18.5 Å². The number of aromatic nitrogens is 2. The monoisotopic (exact) mass is 251 g/mol. The Morgan fingerprint density at radius 2 is 2.18 bits per heavy atom. The molecule has 1 heterocycles. The van der Waals surface area contributed by atoms with Gasteiger partial charge in [-0.15, -0.1) is 0 Å². The molecule has 0 radical (unpaired) electrons. The number of benzene rings is 1. The van der Waals surface area contributed by atoms with E-state index in [9.17, 15) is 13.2 Å². The van der Waals surface area contributed by atoms with Crippen LogP contribution in [0.3, 0.4) is 0 Å². The summed E-state index contributed by atoms with van der Waals surface area (Å²) in [4.78, 5) is 10.6. The second kappa shape index (κ2) is 4.38. The summed E-state index contributed by atoms with van der Waals surface area (Å²) in [6.07, 6.45) is 3.12. The zero-order valence-electron chi connectivity index (χ0n) is 8.62. The number of carbonyl (C=O) groups is 1. The maximum absolute atomic E-state index is 11.8. The highest BCUT2D eigenvalue weighted by Crippen LogP contribution is 2.15. The molecule has 0 bridgehead atoms. The highest BCUT2D eigenvalue weighted by Gasteiger charge is 2.15. The third-order valence-corrected chi connectivity index (χ3v) is 3.41. The van der Waals surface area contributed by atoms with Crippen LogP contribution >= 0.6 is 0 Å². The van der Waals surface area contributed by atoms with Crippen LogP contribution in [0.25, 0.3) is 0 Å². The lowest BCUT2D eigenvalue weighted by Gasteiger charge is -2.05. The average molecular weight is 251 g/mol. The Balaban J connectivity index is 2.29. The molecule has 2 aromatic rings. The van der Waals surface area contributed by atoms with Crippen molar-refractivity contribution in [3.63, 3.8) is 0 Å². The van der Waals surface area contributed by atoms with Crippen LogP contribution in [0.4, 0.5) is 5.69 Å². The fraction of sp³-hybridized carbons (Fsp3) is 0. The lowest BCUT2D eigenvalue weighted by molar-refractivity contribution is 0.112. The van der Waals surface area contributed by atoms with Gasteiger partial charge in [0.2, 0.25) is 0 Å². The lowest BCUT2D eigenvalue weighted by atomic mass is 10.2. The van der Waals surface area contributed by atoms with E-state index in [4.69, 9.17) is 0 Å². The van der Waals surface area contributed by atoms with E-state index in [0.717, 1.165) is 0 Å². The molecule has 0 aliphatic carbocycles. The molecule has 0 unspecified atom stereocenters. The minimum atomic E-state index is -3.65. The summed E-state index contributed by atoms with van der Waals surface area (Å²) in [7, 11) is -3.65. The largest absolute Gasteiger partial charge is 0.298 e. The van der Waals surface area contributed by atoms with Gasteiger partial charge in [0.15, 0.2) is 0 Å². The molecule has 0 saturated carbocycles. The van der Waals surface area contributed by atoms with Gasteiger partial charge in [0.05, 0.1) is 6.20 Å². The maximum atomic E-state index is 11.8. The predicted molar refractivity (Wildman–Crippen MR) is 61.2 cm³/mol. The Labute approximate surface area is 97.7 Å².